The molecule has 0 bridgehead atoms. The highest BCUT2D eigenvalue weighted by Gasteiger charge is 2.05. The number of nitrogen functional groups attached to an aromatic ring is 2. The molecule has 4 N–H and O–H groups in total. The fourth-order valence-corrected chi connectivity index (χ4v) is 1.29. The fourth-order valence-electron chi connectivity index (χ4n) is 0.849. The van der Waals surface area contributed by atoms with Crippen LogP contribution < -0.4 is 11.5 Å². The van der Waals surface area contributed by atoms with Gasteiger partial charge in [-0.25, -0.2) is 0 Å². The van der Waals surface area contributed by atoms with Crippen LogP contribution in [-0.2, 0) is 0 Å². The molecule has 1 aromatic rings. The zero-order valence-corrected chi connectivity index (χ0v) is 10.4. The van der Waals surface area contributed by atoms with Gasteiger partial charge in [-0.1, -0.05) is 0 Å². The van der Waals surface area contributed by atoms with Crippen molar-refractivity contribution in [3.63, 3.8) is 0 Å². The standard InChI is InChI=1S/C7H10N2S2.2ClH/c1-3-6(10)4(8)2-5(9)7(3)11;;/h2,10-11H,8-9H2,1H3;2*1H. The summed E-state index contributed by atoms with van der Waals surface area (Å²) in [5, 5.41) is 0. The molecule has 0 aliphatic heterocycles. The van der Waals surface area contributed by atoms with E-state index in [1.54, 1.807) is 6.07 Å². The van der Waals surface area contributed by atoms with E-state index < -0.39 is 0 Å². The minimum absolute atomic E-state index is 0. The Morgan fingerprint density at radius 3 is 1.62 bits per heavy atom. The van der Waals surface area contributed by atoms with Crippen LogP contribution in [0.3, 0.4) is 0 Å². The molecule has 0 unspecified atom stereocenters. The lowest BCUT2D eigenvalue weighted by molar-refractivity contribution is 1.21. The van der Waals surface area contributed by atoms with Crippen LogP contribution in [0, 0.1) is 6.92 Å². The van der Waals surface area contributed by atoms with E-state index in [0.29, 0.717) is 11.4 Å². The predicted octanol–water partition coefficient (Wildman–Crippen LogP) is 2.58. The van der Waals surface area contributed by atoms with Crippen molar-refractivity contribution in [2.45, 2.75) is 16.7 Å². The molecule has 0 heterocycles. The van der Waals surface area contributed by atoms with Crippen LogP contribution in [0.1, 0.15) is 5.56 Å². The number of hydrogen-bond acceptors (Lipinski definition) is 4. The Kier molecular flexibility index (Phi) is 6.89. The lowest BCUT2D eigenvalue weighted by atomic mass is 10.2. The van der Waals surface area contributed by atoms with Crippen molar-refractivity contribution in [3.05, 3.63) is 11.6 Å². The molecule has 0 aliphatic rings. The van der Waals surface area contributed by atoms with Gasteiger partial charge < -0.3 is 11.5 Å². The number of thiol groups is 2. The maximum atomic E-state index is 5.60. The third-order valence-electron chi connectivity index (χ3n) is 1.57. The third kappa shape index (κ3) is 3.06. The number of halogens is 2. The molecule has 1 aromatic carbocycles. The first-order chi connectivity index (χ1) is 5.04. The molecular weight excluding hydrogens is 247 g/mol. The second-order valence-corrected chi connectivity index (χ2v) is 3.27. The van der Waals surface area contributed by atoms with E-state index >= 15 is 0 Å². The molecule has 0 amide bonds. The third-order valence-corrected chi connectivity index (χ3v) is 2.76. The molecule has 0 aliphatic carbocycles. The van der Waals surface area contributed by atoms with Gasteiger partial charge in [0.25, 0.3) is 0 Å². The molecule has 0 radical (unpaired) electrons. The summed E-state index contributed by atoms with van der Waals surface area (Å²) in [6, 6.07) is 1.66. The summed E-state index contributed by atoms with van der Waals surface area (Å²) in [6.07, 6.45) is 0. The number of hydrogen-bond donors (Lipinski definition) is 4. The van der Waals surface area contributed by atoms with Gasteiger partial charge in [-0.05, 0) is 18.6 Å². The maximum absolute atomic E-state index is 5.60. The van der Waals surface area contributed by atoms with E-state index in [-0.39, 0.29) is 24.8 Å². The Bertz CT molecular complexity index is 279. The first-order valence-electron chi connectivity index (χ1n) is 3.10. The fraction of sp³-hybridized carbons (Fsp3) is 0.143. The molecule has 2 nitrogen and oxygen atoms in total. The SMILES string of the molecule is Cc1c(S)c(N)cc(N)c1S.Cl.Cl. The van der Waals surface area contributed by atoms with Gasteiger partial charge in [0.2, 0.25) is 0 Å². The van der Waals surface area contributed by atoms with Crippen LogP contribution in [0.5, 0.6) is 0 Å². The van der Waals surface area contributed by atoms with Crippen molar-refractivity contribution in [1.29, 1.82) is 0 Å². The summed E-state index contributed by atoms with van der Waals surface area (Å²) >= 11 is 8.40. The van der Waals surface area contributed by atoms with Gasteiger partial charge in [0.1, 0.15) is 0 Å². The molecule has 1 rings (SSSR count). The summed E-state index contributed by atoms with van der Waals surface area (Å²) in [5.74, 6) is 0. The van der Waals surface area contributed by atoms with Gasteiger partial charge in [-0.2, -0.15) is 0 Å². The van der Waals surface area contributed by atoms with Crippen LogP contribution in [0.4, 0.5) is 11.4 Å². The van der Waals surface area contributed by atoms with Gasteiger partial charge in [0.05, 0.1) is 0 Å². The topological polar surface area (TPSA) is 52.0 Å². The summed E-state index contributed by atoms with van der Waals surface area (Å²) in [6.45, 7) is 1.89. The lowest BCUT2D eigenvalue weighted by Crippen LogP contribution is -1.96. The van der Waals surface area contributed by atoms with E-state index in [9.17, 15) is 0 Å². The molecule has 0 atom stereocenters. The summed E-state index contributed by atoms with van der Waals surface area (Å²) in [7, 11) is 0. The number of anilines is 2. The average molecular weight is 259 g/mol. The minimum atomic E-state index is 0. The molecule has 76 valence electrons. The Morgan fingerprint density at radius 2 is 1.31 bits per heavy atom. The van der Waals surface area contributed by atoms with E-state index in [1.807, 2.05) is 6.92 Å². The Balaban J connectivity index is 0. The average Bonchev–Trinajstić information content (AvgIpc) is 1.97. The molecular formula is C7H12Cl2N2S2. The Labute approximate surface area is 101 Å². The predicted molar refractivity (Wildman–Crippen MR) is 69.0 cm³/mol. The van der Waals surface area contributed by atoms with E-state index in [2.05, 4.69) is 25.3 Å². The number of nitrogens with two attached hydrogens (primary N) is 2. The van der Waals surface area contributed by atoms with Crippen LogP contribution in [-0.4, -0.2) is 0 Å². The summed E-state index contributed by atoms with van der Waals surface area (Å²) in [5.41, 5.74) is 13.3. The van der Waals surface area contributed by atoms with Crippen LogP contribution in [0.15, 0.2) is 15.9 Å². The number of rotatable bonds is 0. The highest BCUT2D eigenvalue weighted by atomic mass is 35.5. The van der Waals surface area contributed by atoms with Gasteiger partial charge >= 0.3 is 0 Å². The molecule has 13 heavy (non-hydrogen) atoms. The van der Waals surface area contributed by atoms with E-state index in [1.165, 1.54) is 0 Å². The smallest absolute Gasteiger partial charge is 0.0473 e. The monoisotopic (exact) mass is 258 g/mol. The van der Waals surface area contributed by atoms with E-state index in [0.717, 1.165) is 15.4 Å². The van der Waals surface area contributed by atoms with Crippen molar-refractivity contribution in [2.24, 2.45) is 0 Å². The van der Waals surface area contributed by atoms with Crippen LogP contribution in [0.25, 0.3) is 0 Å². The normalized spacial score (nSPS) is 8.54. The van der Waals surface area contributed by atoms with Crippen molar-refractivity contribution in [3.8, 4) is 0 Å². The van der Waals surface area contributed by atoms with E-state index in [4.69, 9.17) is 11.5 Å². The van der Waals surface area contributed by atoms with Crippen molar-refractivity contribution < 1.29 is 0 Å². The molecule has 0 fully saturated rings. The van der Waals surface area contributed by atoms with Crippen molar-refractivity contribution in [1.82, 2.24) is 0 Å². The molecule has 6 heteroatoms. The minimum Gasteiger partial charge on any atom is -0.398 e. The molecule has 0 aromatic heterocycles. The van der Waals surface area contributed by atoms with Gasteiger partial charge in [0.15, 0.2) is 0 Å². The Morgan fingerprint density at radius 1 is 1.00 bits per heavy atom. The van der Waals surface area contributed by atoms with Gasteiger partial charge in [0, 0.05) is 21.2 Å². The zero-order chi connectivity index (χ0) is 8.59. The van der Waals surface area contributed by atoms with Crippen LogP contribution >= 0.6 is 50.1 Å². The second kappa shape index (κ2) is 5.75. The first kappa shape index (κ1) is 15.6. The second-order valence-electron chi connectivity index (χ2n) is 2.38. The molecule has 0 spiro atoms. The lowest BCUT2D eigenvalue weighted by Gasteiger charge is -2.08. The zero-order valence-electron chi connectivity index (χ0n) is 6.94. The summed E-state index contributed by atoms with van der Waals surface area (Å²) in [4.78, 5) is 1.51. The molecule has 0 saturated heterocycles. The quantitative estimate of drug-likeness (QED) is 0.427. The van der Waals surface area contributed by atoms with Gasteiger partial charge in [-0.15, -0.1) is 50.1 Å². The highest BCUT2D eigenvalue weighted by Crippen LogP contribution is 2.31. The summed E-state index contributed by atoms with van der Waals surface area (Å²) < 4.78 is 0. The largest absolute Gasteiger partial charge is 0.398 e. The first-order valence-corrected chi connectivity index (χ1v) is 4.00. The molecule has 0 saturated carbocycles. The van der Waals surface area contributed by atoms with Crippen molar-refractivity contribution in [2.75, 3.05) is 11.5 Å². The van der Waals surface area contributed by atoms with Crippen molar-refractivity contribution >= 4 is 61.4 Å². The van der Waals surface area contributed by atoms with Gasteiger partial charge in [-0.3, -0.25) is 0 Å². The maximum Gasteiger partial charge on any atom is 0.0473 e. The Hall–Kier alpha value is 0.100. The van der Waals surface area contributed by atoms with Crippen LogP contribution in [0.2, 0.25) is 0 Å². The highest BCUT2D eigenvalue weighted by molar-refractivity contribution is 7.81. The number of benzene rings is 1.